The van der Waals surface area contributed by atoms with E-state index >= 15 is 0 Å². The Hall–Kier alpha value is -3.33. The van der Waals surface area contributed by atoms with Crippen LogP contribution in [-0.2, 0) is 32.7 Å². The Morgan fingerprint density at radius 2 is 0.570 bits per heavy atom. The molecule has 0 fully saturated rings. The second-order valence-electron chi connectivity index (χ2n) is 29.8. The smallest absolute Gasteiger partial charge is 0.462 e. The van der Waals surface area contributed by atoms with Gasteiger partial charge in [0.05, 0.1) is 27.7 Å². The van der Waals surface area contributed by atoms with Gasteiger partial charge in [0.25, 0.3) is 0 Å². The van der Waals surface area contributed by atoms with Gasteiger partial charge < -0.3 is 18.9 Å². The van der Waals surface area contributed by atoms with Gasteiger partial charge in [0.15, 0.2) is 6.10 Å². The number of hydrogen-bond donors (Lipinski definition) is 1. The molecule has 0 radical (unpaired) electrons. The summed E-state index contributed by atoms with van der Waals surface area (Å²) in [6.45, 7) is 4.36. The van der Waals surface area contributed by atoms with Gasteiger partial charge in [-0.1, -0.05) is 393 Å². The lowest BCUT2D eigenvalue weighted by molar-refractivity contribution is -0.870. The van der Waals surface area contributed by atoms with Crippen LogP contribution in [0.1, 0.15) is 399 Å². The summed E-state index contributed by atoms with van der Waals surface area (Å²) >= 11 is 0. The lowest BCUT2D eigenvalue weighted by atomic mass is 10.0. The van der Waals surface area contributed by atoms with Crippen molar-refractivity contribution >= 4 is 19.8 Å². The monoisotopic (exact) mass is 1420 g/mol. The van der Waals surface area contributed by atoms with Crippen molar-refractivity contribution in [3.63, 3.8) is 0 Å². The zero-order valence-corrected chi connectivity index (χ0v) is 67.3. The molecule has 0 aliphatic rings. The number of rotatable bonds is 79. The first-order chi connectivity index (χ1) is 49.0. The van der Waals surface area contributed by atoms with Gasteiger partial charge in [-0.2, -0.15) is 0 Å². The second-order valence-corrected chi connectivity index (χ2v) is 31.3. The van der Waals surface area contributed by atoms with Gasteiger partial charge in [-0.25, -0.2) is 4.57 Å². The van der Waals surface area contributed by atoms with Crippen molar-refractivity contribution in [2.75, 3.05) is 47.5 Å². The highest BCUT2D eigenvalue weighted by Crippen LogP contribution is 2.43. The van der Waals surface area contributed by atoms with E-state index in [4.69, 9.17) is 18.5 Å². The molecule has 0 amide bonds. The largest absolute Gasteiger partial charge is 0.472 e. The molecule has 0 aliphatic carbocycles. The molecule has 0 heterocycles. The predicted octanol–water partition coefficient (Wildman–Crippen LogP) is 28.7. The fourth-order valence-corrected chi connectivity index (χ4v) is 13.1. The van der Waals surface area contributed by atoms with Crippen LogP contribution in [0.15, 0.2) is 109 Å². The second kappa shape index (κ2) is 79.8. The number of unbranched alkanes of at least 4 members (excludes halogenated alkanes) is 47. The highest BCUT2D eigenvalue weighted by molar-refractivity contribution is 7.47. The minimum atomic E-state index is -4.40. The highest BCUT2D eigenvalue weighted by Gasteiger charge is 2.27. The zero-order chi connectivity index (χ0) is 72.5. The zero-order valence-electron chi connectivity index (χ0n) is 66.4. The van der Waals surface area contributed by atoms with E-state index in [2.05, 4.69) is 123 Å². The van der Waals surface area contributed by atoms with Crippen LogP contribution in [0.2, 0.25) is 0 Å². The van der Waals surface area contributed by atoms with E-state index in [1.807, 2.05) is 21.1 Å². The Morgan fingerprint density at radius 1 is 0.320 bits per heavy atom. The molecular weight excluding hydrogens is 1250 g/mol. The number of phosphoric acid groups is 1. The number of carbonyl (C=O) groups is 2. The van der Waals surface area contributed by atoms with Crippen molar-refractivity contribution in [1.82, 2.24) is 0 Å². The van der Waals surface area contributed by atoms with Crippen LogP contribution in [0.25, 0.3) is 0 Å². The van der Waals surface area contributed by atoms with E-state index in [1.54, 1.807) is 0 Å². The van der Waals surface area contributed by atoms with Crippen LogP contribution < -0.4 is 0 Å². The molecule has 0 aromatic heterocycles. The molecule has 0 aromatic rings. The van der Waals surface area contributed by atoms with Gasteiger partial charge in [-0.3, -0.25) is 18.6 Å². The number of allylic oxidation sites excluding steroid dienone is 18. The fraction of sp³-hybridized carbons (Fsp3) is 0.778. The summed E-state index contributed by atoms with van der Waals surface area (Å²) in [6, 6.07) is 0. The quantitative estimate of drug-likeness (QED) is 0.0211. The van der Waals surface area contributed by atoms with E-state index in [0.717, 1.165) is 83.5 Å². The molecule has 9 nitrogen and oxygen atoms in total. The summed E-state index contributed by atoms with van der Waals surface area (Å²) in [4.78, 5) is 36.0. The minimum absolute atomic E-state index is 0.0310. The number of quaternary nitrogens is 1. The van der Waals surface area contributed by atoms with Crippen LogP contribution >= 0.6 is 7.82 Å². The van der Waals surface area contributed by atoms with Gasteiger partial charge in [0, 0.05) is 12.8 Å². The highest BCUT2D eigenvalue weighted by atomic mass is 31.2. The summed E-state index contributed by atoms with van der Waals surface area (Å²) < 4.78 is 34.9. The minimum Gasteiger partial charge on any atom is -0.462 e. The number of esters is 2. The van der Waals surface area contributed by atoms with Gasteiger partial charge in [0.1, 0.15) is 19.8 Å². The molecule has 2 unspecified atom stereocenters. The molecule has 0 spiro atoms. The first kappa shape index (κ1) is 96.7. The van der Waals surface area contributed by atoms with E-state index in [9.17, 15) is 19.0 Å². The van der Waals surface area contributed by atoms with Crippen molar-refractivity contribution in [3.05, 3.63) is 109 Å². The Bertz CT molecular complexity index is 2060. The molecular formula is C90H163NO8P+. The molecule has 580 valence electrons. The third-order valence-electron chi connectivity index (χ3n) is 18.8. The first-order valence-electron chi connectivity index (χ1n) is 42.6. The van der Waals surface area contributed by atoms with Crippen LogP contribution in [0.5, 0.6) is 0 Å². The number of carbonyl (C=O) groups excluding carboxylic acids is 2. The normalized spacial score (nSPS) is 13.5. The lowest BCUT2D eigenvalue weighted by Gasteiger charge is -2.24. The van der Waals surface area contributed by atoms with Gasteiger partial charge in [-0.15, -0.1) is 0 Å². The van der Waals surface area contributed by atoms with Crippen molar-refractivity contribution in [3.8, 4) is 0 Å². The van der Waals surface area contributed by atoms with Crippen LogP contribution in [-0.4, -0.2) is 74.9 Å². The molecule has 0 saturated carbocycles. The first-order valence-corrected chi connectivity index (χ1v) is 44.1. The number of hydrogen-bond acceptors (Lipinski definition) is 7. The molecule has 1 N–H and O–H groups in total. The van der Waals surface area contributed by atoms with Crippen LogP contribution in [0.4, 0.5) is 0 Å². The molecule has 0 rings (SSSR count). The Kier molecular flexibility index (Phi) is 77.1. The van der Waals surface area contributed by atoms with Gasteiger partial charge in [0.2, 0.25) is 0 Å². The number of nitrogens with zero attached hydrogens (tertiary/aromatic N) is 1. The summed E-state index contributed by atoms with van der Waals surface area (Å²) in [5.74, 6) is -0.781. The van der Waals surface area contributed by atoms with Crippen LogP contribution in [0, 0.1) is 0 Å². The maximum absolute atomic E-state index is 12.9. The SMILES string of the molecule is CC/C=C\C/C=C\C/C=C\C/C=C\C/C=C\C/C=C\CCCCCCCCCCCCCCCCCCC(=O)OC(COC(=O)CCCCCCCCCCCCCCCCCCCCCCCCCCCC/C=C\C/C=C\C/C=C\CCCCCCC)COP(=O)(O)OCC[N+](C)(C)C. The van der Waals surface area contributed by atoms with Gasteiger partial charge >= 0.3 is 19.8 Å². The summed E-state index contributed by atoms with van der Waals surface area (Å²) in [6.07, 6.45) is 114. The van der Waals surface area contributed by atoms with Crippen molar-refractivity contribution in [1.29, 1.82) is 0 Å². The molecule has 100 heavy (non-hydrogen) atoms. The van der Waals surface area contributed by atoms with E-state index in [1.165, 1.54) is 283 Å². The Labute approximate surface area is 620 Å². The number of ether oxygens (including phenoxy) is 2. The van der Waals surface area contributed by atoms with E-state index in [0.29, 0.717) is 23.9 Å². The van der Waals surface area contributed by atoms with Crippen molar-refractivity contribution in [2.24, 2.45) is 0 Å². The lowest BCUT2D eigenvalue weighted by Crippen LogP contribution is -2.37. The Morgan fingerprint density at radius 3 is 0.850 bits per heavy atom. The molecule has 0 saturated heterocycles. The van der Waals surface area contributed by atoms with Crippen molar-refractivity contribution in [2.45, 2.75) is 405 Å². The third-order valence-corrected chi connectivity index (χ3v) is 19.8. The summed E-state index contributed by atoms with van der Waals surface area (Å²) in [5.41, 5.74) is 0. The van der Waals surface area contributed by atoms with E-state index < -0.39 is 26.5 Å². The average Bonchev–Trinajstić information content (AvgIpc) is 1.65. The molecule has 2 atom stereocenters. The van der Waals surface area contributed by atoms with Crippen molar-refractivity contribution < 1.29 is 42.1 Å². The molecule has 0 aliphatic heterocycles. The summed E-state index contributed by atoms with van der Waals surface area (Å²) in [7, 11) is 1.49. The van der Waals surface area contributed by atoms with Gasteiger partial charge in [-0.05, 0) is 103 Å². The third kappa shape index (κ3) is 83.6. The van der Waals surface area contributed by atoms with Crippen LogP contribution in [0.3, 0.4) is 0 Å². The standard InChI is InChI=1S/C90H162NO8P/c1-6-8-10-12-14-16-18-20-22-24-26-28-30-32-34-36-38-40-42-43-44-45-46-47-49-50-52-54-56-58-60-62-64-66-68-70-72-74-76-78-80-82-89(92)96-86-88(87-98-100(94,95)97-85-84-91(3,4)5)99-90(93)83-81-79-77-75-73-71-69-67-65-63-61-59-57-55-53-51-48-41-39-37-35-33-31-29-27-25-23-21-19-17-15-13-11-9-7-2/h9,11,15,17-18,20-21,23-24,26-27,29-30,32-33,35,39,41,88H,6-8,10,12-14,16,19,22,25,28,31,34,36-38,40,42-87H2,1-5H3/p+1/b11-9-,17-15-,20-18-,23-21-,26-24-,29-27-,32-30-,35-33-,41-39-. The fourth-order valence-electron chi connectivity index (χ4n) is 12.3. The predicted molar refractivity (Wildman–Crippen MR) is 436 cm³/mol. The topological polar surface area (TPSA) is 108 Å². The molecule has 0 bridgehead atoms. The molecule has 0 aromatic carbocycles. The maximum atomic E-state index is 12.9. The maximum Gasteiger partial charge on any atom is 0.472 e. The average molecular weight is 1420 g/mol. The number of phosphoric ester groups is 1. The molecule has 10 heteroatoms. The van der Waals surface area contributed by atoms with E-state index in [-0.39, 0.29) is 25.6 Å². The summed E-state index contributed by atoms with van der Waals surface area (Å²) in [5, 5.41) is 0. The Balaban J connectivity index is 3.90. The number of likely N-dealkylation sites (N-methyl/N-ethyl adjacent to an activating group) is 1.